The van der Waals surface area contributed by atoms with Gasteiger partial charge in [-0.25, -0.2) is 4.79 Å². The second-order valence-electron chi connectivity index (χ2n) is 2.86. The quantitative estimate of drug-likeness (QED) is 0.740. The second-order valence-corrected chi connectivity index (χ2v) is 2.86. The molecule has 0 fully saturated rings. The third-order valence-electron chi connectivity index (χ3n) is 1.60. The zero-order chi connectivity index (χ0) is 10.4. The number of carbonyl (C=O) groups is 1. The number of carbonyl (C=O) groups excluding carboxylic acids is 1. The Morgan fingerprint density at radius 1 is 1.36 bits per heavy atom. The highest BCUT2D eigenvalue weighted by molar-refractivity contribution is 5.73. The number of amides is 2. The predicted molar refractivity (Wildman–Crippen MR) is 52.7 cm³/mol. The summed E-state index contributed by atoms with van der Waals surface area (Å²) in [5.41, 5.74) is 1.62. The highest BCUT2D eigenvalue weighted by Crippen LogP contribution is 1.92. The molecule has 0 aliphatic rings. The van der Waals surface area contributed by atoms with Gasteiger partial charge in [0.1, 0.15) is 0 Å². The van der Waals surface area contributed by atoms with Gasteiger partial charge in [0.2, 0.25) is 0 Å². The summed E-state index contributed by atoms with van der Waals surface area (Å²) in [5.74, 6) is 0. The van der Waals surface area contributed by atoms with Crippen molar-refractivity contribution in [3.8, 4) is 0 Å². The van der Waals surface area contributed by atoms with Crippen LogP contribution < -0.4 is 10.6 Å². The van der Waals surface area contributed by atoms with Crippen molar-refractivity contribution >= 4 is 6.03 Å². The average Bonchev–Trinajstić information content (AvgIpc) is 2.17. The SMILES string of the molecule is CCNC(=O)NCc1cnc(C)cn1. The maximum absolute atomic E-state index is 11.0. The van der Waals surface area contributed by atoms with Crippen molar-refractivity contribution in [2.75, 3.05) is 6.54 Å². The predicted octanol–water partition coefficient (Wildman–Crippen LogP) is 0.604. The largest absolute Gasteiger partial charge is 0.338 e. The number of urea groups is 1. The first kappa shape index (κ1) is 10.4. The fourth-order valence-electron chi connectivity index (χ4n) is 0.905. The summed E-state index contributed by atoms with van der Waals surface area (Å²) in [4.78, 5) is 19.2. The Kier molecular flexibility index (Phi) is 3.84. The molecule has 1 heterocycles. The minimum atomic E-state index is -0.185. The van der Waals surface area contributed by atoms with Gasteiger partial charge in [-0.15, -0.1) is 0 Å². The van der Waals surface area contributed by atoms with E-state index in [1.54, 1.807) is 12.4 Å². The van der Waals surface area contributed by atoms with Crippen LogP contribution in [0.1, 0.15) is 18.3 Å². The normalized spacial score (nSPS) is 9.57. The second kappa shape index (κ2) is 5.16. The van der Waals surface area contributed by atoms with E-state index >= 15 is 0 Å². The molecular weight excluding hydrogens is 180 g/mol. The van der Waals surface area contributed by atoms with E-state index in [1.165, 1.54) is 0 Å². The molecule has 0 spiro atoms. The zero-order valence-corrected chi connectivity index (χ0v) is 8.37. The fraction of sp³-hybridized carbons (Fsp3) is 0.444. The monoisotopic (exact) mass is 194 g/mol. The Labute approximate surface area is 83.0 Å². The summed E-state index contributed by atoms with van der Waals surface area (Å²) >= 11 is 0. The summed E-state index contributed by atoms with van der Waals surface area (Å²) in [6.07, 6.45) is 3.33. The van der Waals surface area contributed by atoms with Crippen LogP contribution in [0.15, 0.2) is 12.4 Å². The maximum Gasteiger partial charge on any atom is 0.315 e. The van der Waals surface area contributed by atoms with Crippen LogP contribution in [0.2, 0.25) is 0 Å². The number of nitrogens with one attached hydrogen (secondary N) is 2. The summed E-state index contributed by atoms with van der Waals surface area (Å²) < 4.78 is 0. The van der Waals surface area contributed by atoms with E-state index in [0.717, 1.165) is 11.4 Å². The van der Waals surface area contributed by atoms with E-state index in [-0.39, 0.29) is 6.03 Å². The molecule has 1 aromatic heterocycles. The molecule has 5 heteroatoms. The lowest BCUT2D eigenvalue weighted by Crippen LogP contribution is -2.34. The number of aromatic nitrogens is 2. The summed E-state index contributed by atoms with van der Waals surface area (Å²) in [5, 5.41) is 5.30. The molecule has 0 saturated heterocycles. The van der Waals surface area contributed by atoms with Gasteiger partial charge in [-0.1, -0.05) is 0 Å². The van der Waals surface area contributed by atoms with Crippen LogP contribution in [0.3, 0.4) is 0 Å². The van der Waals surface area contributed by atoms with E-state index in [9.17, 15) is 4.79 Å². The number of hydrogen-bond donors (Lipinski definition) is 2. The van der Waals surface area contributed by atoms with Crippen LogP contribution in [0.5, 0.6) is 0 Å². The van der Waals surface area contributed by atoms with E-state index in [2.05, 4.69) is 20.6 Å². The van der Waals surface area contributed by atoms with Gasteiger partial charge in [-0.3, -0.25) is 9.97 Å². The molecular formula is C9H14N4O. The number of hydrogen-bond acceptors (Lipinski definition) is 3. The average molecular weight is 194 g/mol. The molecule has 5 nitrogen and oxygen atoms in total. The maximum atomic E-state index is 11.0. The van der Waals surface area contributed by atoms with Crippen LogP contribution >= 0.6 is 0 Å². The van der Waals surface area contributed by atoms with Crippen molar-refractivity contribution in [3.63, 3.8) is 0 Å². The van der Waals surface area contributed by atoms with Gasteiger partial charge in [0.15, 0.2) is 0 Å². The molecule has 0 unspecified atom stereocenters. The summed E-state index contributed by atoms with van der Waals surface area (Å²) in [7, 11) is 0. The highest BCUT2D eigenvalue weighted by Gasteiger charge is 1.98. The summed E-state index contributed by atoms with van der Waals surface area (Å²) in [6.45, 7) is 4.75. The Morgan fingerprint density at radius 3 is 2.71 bits per heavy atom. The smallest absolute Gasteiger partial charge is 0.315 e. The minimum absolute atomic E-state index is 0.185. The van der Waals surface area contributed by atoms with Crippen molar-refractivity contribution in [3.05, 3.63) is 23.8 Å². The van der Waals surface area contributed by atoms with E-state index < -0.39 is 0 Å². The van der Waals surface area contributed by atoms with Crippen molar-refractivity contribution in [2.45, 2.75) is 20.4 Å². The molecule has 0 aliphatic carbocycles. The van der Waals surface area contributed by atoms with Crippen LogP contribution in [0.4, 0.5) is 4.79 Å². The number of aryl methyl sites for hydroxylation is 1. The summed E-state index contributed by atoms with van der Waals surface area (Å²) in [6, 6.07) is -0.185. The van der Waals surface area contributed by atoms with Crippen LogP contribution in [-0.4, -0.2) is 22.5 Å². The van der Waals surface area contributed by atoms with Gasteiger partial charge in [0, 0.05) is 12.7 Å². The third-order valence-corrected chi connectivity index (χ3v) is 1.60. The van der Waals surface area contributed by atoms with Crippen LogP contribution in [0.25, 0.3) is 0 Å². The first-order valence-corrected chi connectivity index (χ1v) is 4.51. The van der Waals surface area contributed by atoms with Crippen molar-refractivity contribution in [1.29, 1.82) is 0 Å². The van der Waals surface area contributed by atoms with Crippen molar-refractivity contribution in [1.82, 2.24) is 20.6 Å². The first-order chi connectivity index (χ1) is 6.72. The van der Waals surface area contributed by atoms with Crippen LogP contribution in [-0.2, 0) is 6.54 Å². The van der Waals surface area contributed by atoms with E-state index in [0.29, 0.717) is 13.1 Å². The van der Waals surface area contributed by atoms with E-state index in [1.807, 2.05) is 13.8 Å². The molecule has 0 aliphatic heterocycles. The zero-order valence-electron chi connectivity index (χ0n) is 8.37. The molecule has 2 amide bonds. The lowest BCUT2D eigenvalue weighted by Gasteiger charge is -2.04. The van der Waals surface area contributed by atoms with Gasteiger partial charge in [0.05, 0.1) is 24.1 Å². The molecule has 76 valence electrons. The van der Waals surface area contributed by atoms with Gasteiger partial charge in [-0.05, 0) is 13.8 Å². The minimum Gasteiger partial charge on any atom is -0.338 e. The Bertz CT molecular complexity index is 296. The Morgan fingerprint density at radius 2 is 2.14 bits per heavy atom. The molecule has 0 bridgehead atoms. The lowest BCUT2D eigenvalue weighted by atomic mass is 10.4. The number of nitrogens with zero attached hydrogens (tertiary/aromatic N) is 2. The van der Waals surface area contributed by atoms with Crippen molar-refractivity contribution in [2.24, 2.45) is 0 Å². The van der Waals surface area contributed by atoms with E-state index in [4.69, 9.17) is 0 Å². The highest BCUT2D eigenvalue weighted by atomic mass is 16.2. The molecule has 0 atom stereocenters. The van der Waals surface area contributed by atoms with Gasteiger partial charge >= 0.3 is 6.03 Å². The Hall–Kier alpha value is -1.65. The standard InChI is InChI=1S/C9H14N4O/c1-3-10-9(14)13-6-8-5-11-7(2)4-12-8/h4-5H,3,6H2,1-2H3,(H2,10,13,14). The lowest BCUT2D eigenvalue weighted by molar-refractivity contribution is 0.241. The fourth-order valence-corrected chi connectivity index (χ4v) is 0.905. The molecule has 14 heavy (non-hydrogen) atoms. The van der Waals surface area contributed by atoms with Gasteiger partial charge in [-0.2, -0.15) is 0 Å². The topological polar surface area (TPSA) is 66.9 Å². The third kappa shape index (κ3) is 3.38. The van der Waals surface area contributed by atoms with Crippen molar-refractivity contribution < 1.29 is 4.79 Å². The molecule has 2 N–H and O–H groups in total. The molecule has 0 radical (unpaired) electrons. The first-order valence-electron chi connectivity index (χ1n) is 4.51. The Balaban J connectivity index is 2.38. The van der Waals surface area contributed by atoms with Gasteiger partial charge < -0.3 is 10.6 Å². The van der Waals surface area contributed by atoms with Crippen LogP contribution in [0, 0.1) is 6.92 Å². The molecule has 0 aromatic carbocycles. The molecule has 1 aromatic rings. The number of rotatable bonds is 3. The van der Waals surface area contributed by atoms with Gasteiger partial charge in [0.25, 0.3) is 0 Å². The molecule has 0 saturated carbocycles. The molecule has 1 rings (SSSR count).